The van der Waals surface area contributed by atoms with Crippen molar-refractivity contribution in [3.63, 3.8) is 0 Å². The summed E-state index contributed by atoms with van der Waals surface area (Å²) in [5, 5.41) is 4.02. The standard InChI is InChI=1S/C14H17NS/c1-9(2)13-14-11(7-8-15-13)10-5-3-4-6-12(10)16-14/h3-6,9,13,15H,7-8H2,1-2H3/p+1/t13-/m1/s1. The van der Waals surface area contributed by atoms with Gasteiger partial charge in [-0.2, -0.15) is 0 Å². The second kappa shape index (κ2) is 3.86. The number of quaternary nitrogens is 1. The first-order valence-corrected chi connectivity index (χ1v) is 6.92. The summed E-state index contributed by atoms with van der Waals surface area (Å²) >= 11 is 2.00. The van der Waals surface area contributed by atoms with Crippen LogP contribution in [0.1, 0.15) is 30.3 Å². The first kappa shape index (κ1) is 10.3. The topological polar surface area (TPSA) is 16.6 Å². The molecule has 0 aliphatic carbocycles. The van der Waals surface area contributed by atoms with Gasteiger partial charge in [0.1, 0.15) is 6.04 Å². The van der Waals surface area contributed by atoms with Crippen molar-refractivity contribution in [2.75, 3.05) is 6.54 Å². The fourth-order valence-electron chi connectivity index (χ4n) is 2.73. The molecule has 2 N–H and O–H groups in total. The molecular formula is C14H18NS+. The number of hydrogen-bond donors (Lipinski definition) is 1. The van der Waals surface area contributed by atoms with Crippen molar-refractivity contribution in [1.82, 2.24) is 0 Å². The van der Waals surface area contributed by atoms with E-state index in [2.05, 4.69) is 43.4 Å². The highest BCUT2D eigenvalue weighted by atomic mass is 32.1. The maximum Gasteiger partial charge on any atom is 0.123 e. The monoisotopic (exact) mass is 232 g/mol. The van der Waals surface area contributed by atoms with Crippen molar-refractivity contribution in [2.45, 2.75) is 26.3 Å². The molecule has 0 spiro atoms. The maximum atomic E-state index is 2.52. The van der Waals surface area contributed by atoms with Gasteiger partial charge in [0.2, 0.25) is 0 Å². The van der Waals surface area contributed by atoms with Gasteiger partial charge in [0.15, 0.2) is 0 Å². The minimum atomic E-state index is 0.682. The molecule has 0 unspecified atom stereocenters. The summed E-state index contributed by atoms with van der Waals surface area (Å²) in [7, 11) is 0. The molecule has 84 valence electrons. The van der Waals surface area contributed by atoms with Gasteiger partial charge in [-0.25, -0.2) is 0 Å². The Labute approximate surface area is 100 Å². The highest BCUT2D eigenvalue weighted by Gasteiger charge is 2.29. The van der Waals surface area contributed by atoms with Crippen molar-refractivity contribution >= 4 is 21.4 Å². The lowest BCUT2D eigenvalue weighted by molar-refractivity contribution is -0.704. The molecule has 1 atom stereocenters. The molecule has 2 aromatic rings. The van der Waals surface area contributed by atoms with Gasteiger partial charge >= 0.3 is 0 Å². The van der Waals surface area contributed by atoms with E-state index in [9.17, 15) is 0 Å². The van der Waals surface area contributed by atoms with E-state index in [1.54, 1.807) is 10.4 Å². The zero-order chi connectivity index (χ0) is 11.1. The SMILES string of the molecule is CC(C)[C@H]1[NH2+]CCc2c1sc1ccccc21. The summed E-state index contributed by atoms with van der Waals surface area (Å²) in [5.41, 5.74) is 1.63. The normalized spacial score (nSPS) is 20.3. The molecule has 16 heavy (non-hydrogen) atoms. The molecule has 1 aromatic carbocycles. The second-order valence-electron chi connectivity index (χ2n) is 4.99. The third-order valence-electron chi connectivity index (χ3n) is 3.57. The van der Waals surface area contributed by atoms with Gasteiger partial charge in [-0.05, 0) is 17.0 Å². The lowest BCUT2D eigenvalue weighted by atomic mass is 9.93. The highest BCUT2D eigenvalue weighted by Crippen LogP contribution is 2.37. The van der Waals surface area contributed by atoms with Crippen LogP contribution in [0.25, 0.3) is 10.1 Å². The summed E-state index contributed by atoms with van der Waals surface area (Å²) in [4.78, 5) is 1.63. The van der Waals surface area contributed by atoms with Crippen LogP contribution < -0.4 is 5.32 Å². The molecule has 3 rings (SSSR count). The van der Waals surface area contributed by atoms with E-state index >= 15 is 0 Å². The predicted molar refractivity (Wildman–Crippen MR) is 69.9 cm³/mol. The smallest absolute Gasteiger partial charge is 0.123 e. The van der Waals surface area contributed by atoms with Crippen LogP contribution in [0.5, 0.6) is 0 Å². The van der Waals surface area contributed by atoms with Crippen LogP contribution in [0, 0.1) is 5.92 Å². The number of benzene rings is 1. The fraction of sp³-hybridized carbons (Fsp3) is 0.429. The Hall–Kier alpha value is -0.860. The second-order valence-corrected chi connectivity index (χ2v) is 6.07. The van der Waals surface area contributed by atoms with Gasteiger partial charge in [-0.1, -0.05) is 32.0 Å². The molecule has 0 saturated carbocycles. The van der Waals surface area contributed by atoms with E-state index in [1.165, 1.54) is 23.1 Å². The zero-order valence-corrected chi connectivity index (χ0v) is 10.7. The Bertz CT molecular complexity index is 512. The molecule has 2 heterocycles. The summed E-state index contributed by atoms with van der Waals surface area (Å²) in [6.45, 7) is 5.91. The quantitative estimate of drug-likeness (QED) is 0.778. The molecule has 1 aromatic heterocycles. The average molecular weight is 232 g/mol. The van der Waals surface area contributed by atoms with Gasteiger partial charge in [0.05, 0.1) is 11.4 Å². The Morgan fingerprint density at radius 2 is 2.12 bits per heavy atom. The van der Waals surface area contributed by atoms with E-state index in [0.29, 0.717) is 6.04 Å². The molecule has 1 nitrogen and oxygen atoms in total. The van der Waals surface area contributed by atoms with Gasteiger partial charge < -0.3 is 5.32 Å². The van der Waals surface area contributed by atoms with Crippen LogP contribution in [-0.4, -0.2) is 6.54 Å². The van der Waals surface area contributed by atoms with E-state index in [1.807, 2.05) is 11.3 Å². The number of nitrogens with two attached hydrogens (primary N) is 1. The molecule has 1 aliphatic heterocycles. The van der Waals surface area contributed by atoms with Gasteiger partial charge in [-0.3, -0.25) is 0 Å². The number of fused-ring (bicyclic) bond motifs is 3. The first-order valence-electron chi connectivity index (χ1n) is 6.11. The van der Waals surface area contributed by atoms with Crippen LogP contribution >= 0.6 is 11.3 Å². The first-order chi connectivity index (χ1) is 7.77. The Morgan fingerprint density at radius 3 is 2.94 bits per heavy atom. The maximum absolute atomic E-state index is 2.52. The molecule has 0 bridgehead atoms. The Morgan fingerprint density at radius 1 is 1.31 bits per heavy atom. The molecule has 0 radical (unpaired) electrons. The van der Waals surface area contributed by atoms with Crippen molar-refractivity contribution in [3.05, 3.63) is 34.7 Å². The van der Waals surface area contributed by atoms with E-state index in [0.717, 1.165) is 5.92 Å². The fourth-order valence-corrected chi connectivity index (χ4v) is 4.26. The van der Waals surface area contributed by atoms with Crippen LogP contribution in [-0.2, 0) is 6.42 Å². The van der Waals surface area contributed by atoms with Gasteiger partial charge in [0, 0.05) is 17.0 Å². The molecule has 0 fully saturated rings. The van der Waals surface area contributed by atoms with Crippen molar-refractivity contribution in [2.24, 2.45) is 5.92 Å². The molecule has 0 amide bonds. The number of thiophene rings is 1. The zero-order valence-electron chi connectivity index (χ0n) is 9.86. The third-order valence-corrected chi connectivity index (χ3v) is 4.88. The summed E-state index contributed by atoms with van der Waals surface area (Å²) < 4.78 is 1.47. The summed E-state index contributed by atoms with van der Waals surface area (Å²) in [5.74, 6) is 0.729. The van der Waals surface area contributed by atoms with Crippen LogP contribution in [0.2, 0.25) is 0 Å². The molecular weight excluding hydrogens is 214 g/mol. The van der Waals surface area contributed by atoms with Crippen LogP contribution in [0.3, 0.4) is 0 Å². The van der Waals surface area contributed by atoms with Crippen LogP contribution in [0.15, 0.2) is 24.3 Å². The van der Waals surface area contributed by atoms with Crippen molar-refractivity contribution < 1.29 is 5.32 Å². The third kappa shape index (κ3) is 1.48. The summed E-state index contributed by atoms with van der Waals surface area (Å²) in [6, 6.07) is 9.54. The Kier molecular flexibility index (Phi) is 2.49. The largest absolute Gasteiger partial charge is 0.339 e. The van der Waals surface area contributed by atoms with Crippen molar-refractivity contribution in [1.29, 1.82) is 0 Å². The van der Waals surface area contributed by atoms with Gasteiger partial charge in [0.25, 0.3) is 0 Å². The lowest BCUT2D eigenvalue weighted by Crippen LogP contribution is -2.88. The van der Waals surface area contributed by atoms with Gasteiger partial charge in [-0.15, -0.1) is 11.3 Å². The molecule has 1 aliphatic rings. The van der Waals surface area contributed by atoms with Crippen molar-refractivity contribution in [3.8, 4) is 0 Å². The Balaban J connectivity index is 2.21. The summed E-state index contributed by atoms with van der Waals surface area (Å²) in [6.07, 6.45) is 1.24. The number of hydrogen-bond acceptors (Lipinski definition) is 1. The van der Waals surface area contributed by atoms with E-state index in [4.69, 9.17) is 0 Å². The molecule has 0 saturated heterocycles. The number of rotatable bonds is 1. The minimum absolute atomic E-state index is 0.682. The predicted octanol–water partition coefficient (Wildman–Crippen LogP) is 2.72. The minimum Gasteiger partial charge on any atom is -0.339 e. The van der Waals surface area contributed by atoms with E-state index < -0.39 is 0 Å². The highest BCUT2D eigenvalue weighted by molar-refractivity contribution is 7.19. The average Bonchev–Trinajstić information content (AvgIpc) is 2.67. The molecule has 2 heteroatoms. The van der Waals surface area contributed by atoms with E-state index in [-0.39, 0.29) is 0 Å². The lowest BCUT2D eigenvalue weighted by Gasteiger charge is -2.23. The van der Waals surface area contributed by atoms with Crippen LogP contribution in [0.4, 0.5) is 0 Å².